The maximum absolute atomic E-state index is 14.4. The number of aliphatic carboxylic acids is 1. The van der Waals surface area contributed by atoms with Crippen LogP contribution in [0, 0.1) is 5.92 Å². The Hall–Kier alpha value is -7.87. The third kappa shape index (κ3) is 17.1. The van der Waals surface area contributed by atoms with Gasteiger partial charge in [-0.3, -0.25) is 48.3 Å². The van der Waals surface area contributed by atoms with Crippen LogP contribution in [0.1, 0.15) is 88.3 Å². The number of aliphatic imine (C=N–C) groups is 2. The number of benzene rings is 2. The zero-order chi connectivity index (χ0) is 57.1. The Morgan fingerprint density at radius 1 is 0.679 bits per heavy atom. The van der Waals surface area contributed by atoms with Gasteiger partial charge >= 0.3 is 5.97 Å². The molecule has 17 N–H and O–H groups in total. The minimum atomic E-state index is -1.60. The van der Waals surface area contributed by atoms with Gasteiger partial charge in [0.1, 0.15) is 42.3 Å². The van der Waals surface area contributed by atoms with Crippen LogP contribution in [-0.4, -0.2) is 178 Å². The van der Waals surface area contributed by atoms with Gasteiger partial charge in [-0.1, -0.05) is 74.9 Å². The van der Waals surface area contributed by atoms with Gasteiger partial charge in [0.05, 0.1) is 19.2 Å². The number of guanidine groups is 2. The summed E-state index contributed by atoms with van der Waals surface area (Å²) >= 11 is 0. The van der Waals surface area contributed by atoms with Crippen molar-refractivity contribution in [3.63, 3.8) is 0 Å². The van der Waals surface area contributed by atoms with E-state index >= 15 is 0 Å². The highest BCUT2D eigenvalue weighted by Crippen LogP contribution is 2.27. The smallest absolute Gasteiger partial charge is 0.326 e. The number of nitrogens with two attached hydrogens (primary N) is 5. The lowest BCUT2D eigenvalue weighted by molar-refractivity contribution is -0.148. The summed E-state index contributed by atoms with van der Waals surface area (Å²) in [5, 5.41) is 33.6. The monoisotopic (exact) mass is 1090 g/mol. The van der Waals surface area contributed by atoms with Crippen LogP contribution in [0.15, 0.2) is 64.6 Å². The molecule has 3 heterocycles. The first-order valence-corrected chi connectivity index (χ1v) is 26.4. The van der Waals surface area contributed by atoms with Crippen molar-refractivity contribution < 1.29 is 53.4 Å². The van der Waals surface area contributed by atoms with E-state index in [9.17, 15) is 53.4 Å². The lowest BCUT2D eigenvalue weighted by Crippen LogP contribution is -2.62. The van der Waals surface area contributed by atoms with Gasteiger partial charge < -0.3 is 80.2 Å². The molecule has 9 atom stereocenters. The van der Waals surface area contributed by atoms with Crippen LogP contribution in [0.25, 0.3) is 0 Å². The maximum atomic E-state index is 14.4. The van der Waals surface area contributed by atoms with Gasteiger partial charge in [-0.15, -0.1) is 0 Å². The number of aliphatic hydroxyl groups is 1. The summed E-state index contributed by atoms with van der Waals surface area (Å²) in [6.07, 6.45) is 2.90. The molecular formula is C52H77N15O11. The molecule has 78 heavy (non-hydrogen) atoms. The fourth-order valence-electron chi connectivity index (χ4n) is 9.84. The van der Waals surface area contributed by atoms with E-state index < -0.39 is 121 Å². The number of carboxylic acids is 1. The molecule has 8 amide bonds. The van der Waals surface area contributed by atoms with Crippen LogP contribution in [0.2, 0.25) is 0 Å². The van der Waals surface area contributed by atoms with Gasteiger partial charge in [-0.2, -0.15) is 0 Å². The second-order valence-electron chi connectivity index (χ2n) is 19.9. The third-order valence-corrected chi connectivity index (χ3v) is 14.3. The molecular weight excluding hydrogens is 1010 g/mol. The summed E-state index contributed by atoms with van der Waals surface area (Å²) in [6.45, 7) is 2.67. The predicted molar refractivity (Wildman–Crippen MR) is 287 cm³/mol. The van der Waals surface area contributed by atoms with E-state index in [1.165, 1.54) is 14.7 Å². The van der Waals surface area contributed by atoms with Crippen molar-refractivity contribution in [3.05, 3.63) is 71.3 Å². The molecule has 0 bridgehead atoms. The number of carboxylic acid groups (broad SMARTS) is 1. The van der Waals surface area contributed by atoms with Crippen molar-refractivity contribution in [1.29, 1.82) is 0 Å². The SMILES string of the molecule is CC[C@H](C)[C@H](NC(=O)[C@@H]1Cc2ccccc2CN1C(=O)[C@H](CO)NC(=O)[C@H](Cc1ccccc1)NC(=O)CNC(=O)[C@@H]1CCCN1C(=O)[C@@H]1CCCN1C(=O)[C@H](CCCN=C(N)N)NC(=O)[C@H](N)CCCN=C(N)N)C(=O)O. The molecule has 0 aliphatic carbocycles. The number of hydrogen-bond acceptors (Lipinski definition) is 13. The van der Waals surface area contributed by atoms with E-state index in [0.29, 0.717) is 43.2 Å². The minimum Gasteiger partial charge on any atom is -0.480 e. The van der Waals surface area contributed by atoms with Crippen molar-refractivity contribution in [1.82, 2.24) is 41.3 Å². The summed E-state index contributed by atoms with van der Waals surface area (Å²) in [7, 11) is 0. The molecule has 3 aliphatic heterocycles. The van der Waals surface area contributed by atoms with Gasteiger partial charge in [-0.25, -0.2) is 4.79 Å². The van der Waals surface area contributed by atoms with Gasteiger partial charge in [0.25, 0.3) is 0 Å². The molecule has 26 nitrogen and oxygen atoms in total. The van der Waals surface area contributed by atoms with Gasteiger partial charge in [0, 0.05) is 45.6 Å². The van der Waals surface area contributed by atoms with Crippen LogP contribution in [0.3, 0.4) is 0 Å². The number of fused-ring (bicyclic) bond motifs is 1. The highest BCUT2D eigenvalue weighted by Gasteiger charge is 2.44. The van der Waals surface area contributed by atoms with E-state index in [4.69, 9.17) is 28.7 Å². The van der Waals surface area contributed by atoms with E-state index in [-0.39, 0.29) is 83.2 Å². The summed E-state index contributed by atoms with van der Waals surface area (Å²) in [4.78, 5) is 136. The first-order valence-electron chi connectivity index (χ1n) is 26.4. The molecule has 0 spiro atoms. The minimum absolute atomic E-state index is 0.0309. The van der Waals surface area contributed by atoms with Crippen LogP contribution in [0.4, 0.5) is 0 Å². The number of aliphatic hydroxyl groups excluding tert-OH is 1. The molecule has 5 rings (SSSR count). The lowest BCUT2D eigenvalue weighted by atomic mass is 9.92. The number of rotatable bonds is 27. The quantitative estimate of drug-likeness (QED) is 0.0238. The topological polar surface area (TPSA) is 419 Å². The Morgan fingerprint density at radius 2 is 1.27 bits per heavy atom. The number of carbonyl (C=O) groups is 9. The Bertz CT molecular complexity index is 2510. The fraction of sp³-hybridized carbons (Fsp3) is 0.558. The Kier molecular flexibility index (Phi) is 23.1. The highest BCUT2D eigenvalue weighted by molar-refractivity contribution is 5.98. The number of nitrogens with zero attached hydrogens (tertiary/aromatic N) is 5. The number of likely N-dealkylation sites (tertiary alicyclic amines) is 2. The van der Waals surface area contributed by atoms with Gasteiger partial charge in [0.2, 0.25) is 47.3 Å². The molecule has 0 unspecified atom stereocenters. The van der Waals surface area contributed by atoms with E-state index in [0.717, 1.165) is 5.56 Å². The van der Waals surface area contributed by atoms with E-state index in [1.807, 2.05) is 0 Å². The summed E-state index contributed by atoms with van der Waals surface area (Å²) in [6, 6.07) is 6.30. The zero-order valence-electron chi connectivity index (χ0n) is 44.3. The Morgan fingerprint density at radius 3 is 1.90 bits per heavy atom. The number of nitrogens with one attached hydrogen (secondary N) is 5. The first kappa shape index (κ1) is 61.0. The molecule has 3 aliphatic rings. The maximum Gasteiger partial charge on any atom is 0.326 e. The molecule has 2 aromatic rings. The van der Waals surface area contributed by atoms with Crippen molar-refractivity contribution in [2.24, 2.45) is 44.6 Å². The number of carbonyl (C=O) groups excluding carboxylic acids is 8. The normalized spacial score (nSPS) is 19.1. The van der Waals surface area contributed by atoms with Crippen LogP contribution in [0.5, 0.6) is 0 Å². The van der Waals surface area contributed by atoms with Gasteiger partial charge in [-0.05, 0) is 74.0 Å². The lowest BCUT2D eigenvalue weighted by Gasteiger charge is -2.38. The van der Waals surface area contributed by atoms with Crippen molar-refractivity contribution in [3.8, 4) is 0 Å². The Labute approximate surface area is 453 Å². The molecule has 0 radical (unpaired) electrons. The van der Waals surface area contributed by atoms with Crippen LogP contribution < -0.4 is 55.3 Å². The van der Waals surface area contributed by atoms with Crippen molar-refractivity contribution in [2.75, 3.05) is 39.3 Å². The predicted octanol–water partition coefficient (Wildman–Crippen LogP) is -3.22. The van der Waals surface area contributed by atoms with Crippen molar-refractivity contribution in [2.45, 2.75) is 139 Å². The summed E-state index contributed by atoms with van der Waals surface area (Å²) in [5.74, 6) is -7.37. The molecule has 26 heteroatoms. The summed E-state index contributed by atoms with van der Waals surface area (Å²) < 4.78 is 0. The summed E-state index contributed by atoms with van der Waals surface area (Å²) in [5.41, 5.74) is 30.0. The van der Waals surface area contributed by atoms with E-state index in [1.54, 1.807) is 68.4 Å². The second kappa shape index (κ2) is 29.6. The standard InChI is InChI=1S/C52H77N15O11/c1-3-30(2)42(50(77)78)64-46(73)40-26-32-15-7-8-16-33(32)28-67(40)48(75)37(29-68)63-44(71)36(25-31-13-5-4-6-14-31)61-41(69)27-60-45(72)38-19-11-23-65(38)49(76)39-20-12-24-66(39)47(74)35(18-10-22-59-52(56)57)62-43(70)34(53)17-9-21-58-51(54)55/h4-8,13-16,30,34-40,42,68H,3,9-12,17-29,53H2,1-2H3,(H,60,72)(H,61,69)(H,62,70)(H,63,71)(H,64,73)(H,77,78)(H4,54,55,58)(H4,56,57,59)/t30-,34+,35-,36-,37-,38-,39-,40-,42-/m0/s1. The molecule has 0 aromatic heterocycles. The zero-order valence-corrected chi connectivity index (χ0v) is 44.3. The molecule has 426 valence electrons. The van der Waals surface area contributed by atoms with Crippen LogP contribution in [-0.2, 0) is 62.5 Å². The molecule has 2 aromatic carbocycles. The number of amides is 8. The highest BCUT2D eigenvalue weighted by atomic mass is 16.4. The second-order valence-corrected chi connectivity index (χ2v) is 19.9. The largest absolute Gasteiger partial charge is 0.480 e. The number of hydrogen-bond donors (Lipinski definition) is 12. The fourth-order valence-corrected chi connectivity index (χ4v) is 9.84. The Balaban J connectivity index is 1.25. The van der Waals surface area contributed by atoms with Gasteiger partial charge in [0.15, 0.2) is 11.9 Å². The third-order valence-electron chi connectivity index (χ3n) is 14.3. The van der Waals surface area contributed by atoms with Crippen LogP contribution >= 0.6 is 0 Å². The first-order chi connectivity index (χ1) is 37.2. The van der Waals surface area contributed by atoms with Crippen molar-refractivity contribution >= 4 is 65.1 Å². The average molecular weight is 1090 g/mol. The molecule has 2 saturated heterocycles. The average Bonchev–Trinajstić information content (AvgIpc) is 4.16. The molecule has 0 saturated carbocycles. The molecule has 2 fully saturated rings. The van der Waals surface area contributed by atoms with E-state index in [2.05, 4.69) is 36.6 Å².